The Hall–Kier alpha value is -2.29. The average molecular weight is 701 g/mol. The second-order valence-corrected chi connectivity index (χ2v) is 14.1. The fraction of sp³-hybridized carbons (Fsp3) is 0.300. The number of rotatable bonds is 7. The Morgan fingerprint density at radius 2 is 1.61 bits per heavy atom. The summed E-state index contributed by atoms with van der Waals surface area (Å²) in [5.74, 6) is -1.80. The molecule has 1 aliphatic carbocycles. The van der Waals surface area contributed by atoms with Crippen LogP contribution in [0, 0.1) is 12.8 Å². The minimum absolute atomic E-state index is 0.0660. The smallest absolute Gasteiger partial charge is 0.412 e. The van der Waals surface area contributed by atoms with Crippen molar-refractivity contribution in [2.45, 2.75) is 50.0 Å². The first-order valence-corrected chi connectivity index (χ1v) is 14.9. The summed E-state index contributed by atoms with van der Waals surface area (Å²) in [6, 6.07) is 15.2. The maximum absolute atomic E-state index is 13.2. The largest absolute Gasteiger partial charge is 0.444 e. The average Bonchev–Trinajstić information content (AvgIpc) is 3.42. The summed E-state index contributed by atoms with van der Waals surface area (Å²) in [5, 5.41) is 6.25. The molecule has 216 valence electrons. The zero-order valence-electron chi connectivity index (χ0n) is 22.6. The molecule has 0 aromatic heterocycles. The maximum Gasteiger partial charge on any atom is 0.412 e. The molecule has 41 heavy (non-hydrogen) atoms. The van der Waals surface area contributed by atoms with Crippen LogP contribution in [-0.4, -0.2) is 27.7 Å². The van der Waals surface area contributed by atoms with Gasteiger partial charge in [0, 0.05) is 38.8 Å². The van der Waals surface area contributed by atoms with Gasteiger partial charge < -0.3 is 10.1 Å². The Morgan fingerprint density at radius 1 is 0.951 bits per heavy atom. The van der Waals surface area contributed by atoms with Crippen molar-refractivity contribution in [2.75, 3.05) is 10.6 Å². The second kappa shape index (κ2) is 12.1. The molecule has 0 radical (unpaired) electrons. The number of alkyl halides is 2. The molecule has 2 atom stereocenters. The van der Waals surface area contributed by atoms with Gasteiger partial charge in [0.1, 0.15) is 9.93 Å². The van der Waals surface area contributed by atoms with Gasteiger partial charge in [-0.1, -0.05) is 45.2 Å². The van der Waals surface area contributed by atoms with Crippen LogP contribution >= 0.6 is 62.3 Å². The highest BCUT2D eigenvalue weighted by Crippen LogP contribution is 2.65. The number of halogens is 5. The van der Waals surface area contributed by atoms with Crippen LogP contribution in [0.15, 0.2) is 59.1 Å². The number of carbonyl (C=O) groups excluding carboxylic acids is 3. The van der Waals surface area contributed by atoms with Crippen LogP contribution in [0.3, 0.4) is 0 Å². The van der Waals surface area contributed by atoms with Crippen LogP contribution in [0.4, 0.5) is 16.2 Å². The molecule has 4 rings (SSSR count). The van der Waals surface area contributed by atoms with Crippen molar-refractivity contribution < 1.29 is 19.1 Å². The standard InChI is InChI=1S/C30H27BrCl4N2O4/c1-15-9-20(37-28(40)41-29(2,3)4)6-5-16(15)12-24(38)22-14-21(7-8-23(22)33)36-27(39)26-25(30(26,34)35)17-10-18(31)13-19(32)11-17/h5-11,13-14,25-26H,12H2,1-4H3,(H,36,39)(H,37,40). The molecular formula is C30H27BrCl4N2O4. The first-order valence-electron chi connectivity index (χ1n) is 12.6. The number of carbonyl (C=O) groups is 3. The molecule has 2 amide bonds. The van der Waals surface area contributed by atoms with Gasteiger partial charge in [-0.25, -0.2) is 4.79 Å². The number of anilines is 2. The predicted molar refractivity (Wildman–Crippen MR) is 169 cm³/mol. The molecule has 0 spiro atoms. The molecule has 1 saturated carbocycles. The van der Waals surface area contributed by atoms with Crippen molar-refractivity contribution in [1.82, 2.24) is 0 Å². The molecule has 3 aromatic rings. The number of Topliss-reactive ketones (excluding diaryl/α,β-unsaturated/α-hetero) is 1. The second-order valence-electron chi connectivity index (χ2n) is 10.9. The van der Waals surface area contributed by atoms with E-state index in [1.165, 1.54) is 6.07 Å². The summed E-state index contributed by atoms with van der Waals surface area (Å²) in [7, 11) is 0. The molecule has 1 fully saturated rings. The van der Waals surface area contributed by atoms with Crippen molar-refractivity contribution >= 4 is 91.5 Å². The monoisotopic (exact) mass is 698 g/mol. The molecule has 11 heteroatoms. The van der Waals surface area contributed by atoms with E-state index in [1.54, 1.807) is 63.2 Å². The topological polar surface area (TPSA) is 84.5 Å². The Bertz CT molecular complexity index is 1520. The highest BCUT2D eigenvalue weighted by Gasteiger charge is 2.67. The summed E-state index contributed by atoms with van der Waals surface area (Å²) in [4.78, 5) is 38.5. The van der Waals surface area contributed by atoms with E-state index in [-0.39, 0.29) is 28.7 Å². The van der Waals surface area contributed by atoms with Gasteiger partial charge in [-0.2, -0.15) is 0 Å². The Morgan fingerprint density at radius 3 is 2.24 bits per heavy atom. The number of benzene rings is 3. The van der Waals surface area contributed by atoms with Crippen LogP contribution in [0.25, 0.3) is 0 Å². The van der Waals surface area contributed by atoms with Gasteiger partial charge in [0.2, 0.25) is 5.91 Å². The first kappa shape index (κ1) is 31.6. The van der Waals surface area contributed by atoms with E-state index < -0.39 is 27.9 Å². The SMILES string of the molecule is Cc1cc(NC(=O)OC(C)(C)C)ccc1CC(=O)c1cc(NC(=O)C2C(c3cc(Cl)cc(Br)c3)C2(Cl)Cl)ccc1Cl. The Balaban J connectivity index is 1.45. The Kier molecular flexibility index (Phi) is 9.37. The van der Waals surface area contributed by atoms with Gasteiger partial charge in [-0.3, -0.25) is 14.9 Å². The lowest BCUT2D eigenvalue weighted by molar-refractivity contribution is -0.117. The van der Waals surface area contributed by atoms with Gasteiger partial charge in [0.25, 0.3) is 0 Å². The highest BCUT2D eigenvalue weighted by atomic mass is 79.9. The van der Waals surface area contributed by atoms with E-state index in [2.05, 4.69) is 26.6 Å². The van der Waals surface area contributed by atoms with Crippen LogP contribution in [0.5, 0.6) is 0 Å². The third-order valence-electron chi connectivity index (χ3n) is 6.45. The lowest BCUT2D eigenvalue weighted by atomic mass is 9.98. The third-order valence-corrected chi connectivity index (χ3v) is 8.40. The number of aryl methyl sites for hydroxylation is 1. The van der Waals surface area contributed by atoms with Crippen molar-refractivity contribution in [1.29, 1.82) is 0 Å². The van der Waals surface area contributed by atoms with Crippen LogP contribution in [0.2, 0.25) is 10.0 Å². The summed E-state index contributed by atoms with van der Waals surface area (Å²) in [6.07, 6.45) is -0.499. The Labute approximate surface area is 267 Å². The van der Waals surface area contributed by atoms with E-state index in [0.717, 1.165) is 21.2 Å². The molecule has 0 heterocycles. The van der Waals surface area contributed by atoms with Crippen molar-refractivity contribution in [3.63, 3.8) is 0 Å². The number of hydrogen-bond donors (Lipinski definition) is 2. The minimum Gasteiger partial charge on any atom is -0.444 e. The number of ether oxygens (including phenoxy) is 1. The zero-order valence-corrected chi connectivity index (χ0v) is 27.2. The van der Waals surface area contributed by atoms with Crippen LogP contribution in [-0.2, 0) is 16.0 Å². The van der Waals surface area contributed by atoms with Gasteiger partial charge in [-0.15, -0.1) is 23.2 Å². The zero-order chi connectivity index (χ0) is 30.3. The van der Waals surface area contributed by atoms with Crippen molar-refractivity contribution in [2.24, 2.45) is 5.92 Å². The molecule has 0 saturated heterocycles. The quantitative estimate of drug-likeness (QED) is 0.190. The van der Waals surface area contributed by atoms with Crippen LogP contribution < -0.4 is 10.6 Å². The molecule has 0 bridgehead atoms. The molecule has 2 unspecified atom stereocenters. The molecule has 2 N–H and O–H groups in total. The van der Waals surface area contributed by atoms with E-state index in [4.69, 9.17) is 51.1 Å². The lowest BCUT2D eigenvalue weighted by Crippen LogP contribution is -2.27. The summed E-state index contributed by atoms with van der Waals surface area (Å²) in [5.41, 5.74) is 2.88. The summed E-state index contributed by atoms with van der Waals surface area (Å²) < 4.78 is 4.73. The van der Waals surface area contributed by atoms with Gasteiger partial charge in [-0.05, 0) is 92.9 Å². The summed E-state index contributed by atoms with van der Waals surface area (Å²) >= 11 is 28.9. The van der Waals surface area contributed by atoms with E-state index in [1.807, 2.05) is 13.0 Å². The molecule has 1 aliphatic rings. The van der Waals surface area contributed by atoms with Crippen molar-refractivity contribution in [3.05, 3.63) is 91.4 Å². The number of hydrogen-bond acceptors (Lipinski definition) is 4. The lowest BCUT2D eigenvalue weighted by Gasteiger charge is -2.20. The summed E-state index contributed by atoms with van der Waals surface area (Å²) in [6.45, 7) is 7.19. The maximum atomic E-state index is 13.2. The minimum atomic E-state index is -1.30. The van der Waals surface area contributed by atoms with Gasteiger partial charge in [0.15, 0.2) is 5.78 Å². The van der Waals surface area contributed by atoms with Crippen molar-refractivity contribution in [3.8, 4) is 0 Å². The number of amides is 2. The third kappa shape index (κ3) is 7.76. The molecular weight excluding hydrogens is 674 g/mol. The fourth-order valence-corrected chi connectivity index (χ4v) is 6.46. The normalized spacial score (nSPS) is 17.5. The van der Waals surface area contributed by atoms with E-state index in [0.29, 0.717) is 16.4 Å². The molecule has 6 nitrogen and oxygen atoms in total. The number of ketones is 1. The molecule has 3 aromatic carbocycles. The van der Waals surface area contributed by atoms with Gasteiger partial charge in [0.05, 0.1) is 10.9 Å². The molecule has 0 aliphatic heterocycles. The fourth-order valence-electron chi connectivity index (χ4n) is 4.52. The highest BCUT2D eigenvalue weighted by molar-refractivity contribution is 9.10. The van der Waals surface area contributed by atoms with E-state index in [9.17, 15) is 14.4 Å². The van der Waals surface area contributed by atoms with Gasteiger partial charge >= 0.3 is 6.09 Å². The predicted octanol–water partition coefficient (Wildman–Crippen LogP) is 9.36. The first-order chi connectivity index (χ1) is 19.0. The number of nitrogens with one attached hydrogen (secondary N) is 2. The van der Waals surface area contributed by atoms with Crippen LogP contribution in [0.1, 0.15) is 53.7 Å². The van der Waals surface area contributed by atoms with E-state index >= 15 is 0 Å².